The highest BCUT2D eigenvalue weighted by molar-refractivity contribution is 7.13. The number of amides is 1. The summed E-state index contributed by atoms with van der Waals surface area (Å²) in [7, 11) is 0. The monoisotopic (exact) mass is 348 g/mol. The number of halogens is 2. The van der Waals surface area contributed by atoms with Gasteiger partial charge >= 0.3 is 0 Å². The van der Waals surface area contributed by atoms with Crippen molar-refractivity contribution in [3.05, 3.63) is 69.8 Å². The van der Waals surface area contributed by atoms with Crippen LogP contribution in [0.1, 0.15) is 10.4 Å². The molecule has 3 nitrogen and oxygen atoms in total. The Bertz CT molecular complexity index is 781. The van der Waals surface area contributed by atoms with E-state index in [1.54, 1.807) is 35.6 Å². The molecule has 1 aromatic carbocycles. The molecule has 1 N–H and O–H groups in total. The number of hydrogen-bond donors (Lipinski definition) is 1. The fourth-order valence-corrected chi connectivity index (χ4v) is 3.16. The predicted molar refractivity (Wildman–Crippen MR) is 92.0 cm³/mol. The number of nitrogens with one attached hydrogen (secondary N) is 1. The molecule has 0 atom stereocenters. The van der Waals surface area contributed by atoms with Gasteiger partial charge in [0.25, 0.3) is 5.91 Å². The van der Waals surface area contributed by atoms with E-state index in [9.17, 15) is 4.79 Å². The van der Waals surface area contributed by atoms with Gasteiger partial charge in [0.05, 0.1) is 0 Å². The lowest BCUT2D eigenvalue weighted by molar-refractivity contribution is 0.102. The number of nitrogens with zero attached hydrogens (tertiary/aromatic N) is 1. The van der Waals surface area contributed by atoms with Gasteiger partial charge in [0.2, 0.25) is 0 Å². The van der Waals surface area contributed by atoms with Crippen molar-refractivity contribution >= 4 is 46.1 Å². The number of carbonyl (C=O) groups excluding carboxylic acids is 1. The fourth-order valence-electron chi connectivity index (χ4n) is 1.97. The van der Waals surface area contributed by atoms with Crippen molar-refractivity contribution in [2.45, 2.75) is 0 Å². The van der Waals surface area contributed by atoms with Gasteiger partial charge in [-0.15, -0.1) is 11.3 Å². The topological polar surface area (TPSA) is 42.0 Å². The van der Waals surface area contributed by atoms with E-state index in [0.29, 0.717) is 11.3 Å². The maximum atomic E-state index is 12.2. The highest BCUT2D eigenvalue weighted by atomic mass is 35.5. The van der Waals surface area contributed by atoms with Crippen molar-refractivity contribution in [2.24, 2.45) is 0 Å². The van der Waals surface area contributed by atoms with Crippen molar-refractivity contribution in [2.75, 3.05) is 5.32 Å². The molecule has 6 heteroatoms. The van der Waals surface area contributed by atoms with Gasteiger partial charge in [0, 0.05) is 16.1 Å². The first kappa shape index (κ1) is 15.0. The minimum Gasteiger partial charge on any atom is -0.322 e. The number of thiophene rings is 1. The molecule has 0 aliphatic carbocycles. The lowest BCUT2D eigenvalue weighted by Crippen LogP contribution is -2.11. The molecule has 0 unspecified atom stereocenters. The number of aromatic nitrogens is 1. The number of hydrogen-bond acceptors (Lipinski definition) is 3. The van der Waals surface area contributed by atoms with Crippen LogP contribution in [0.25, 0.3) is 10.4 Å². The second kappa shape index (κ2) is 6.48. The highest BCUT2D eigenvalue weighted by Gasteiger charge is 2.08. The van der Waals surface area contributed by atoms with E-state index in [4.69, 9.17) is 23.2 Å². The van der Waals surface area contributed by atoms with Crippen LogP contribution in [0, 0.1) is 0 Å². The largest absolute Gasteiger partial charge is 0.322 e. The van der Waals surface area contributed by atoms with Gasteiger partial charge in [-0.1, -0.05) is 41.4 Å². The van der Waals surface area contributed by atoms with Crippen molar-refractivity contribution in [1.29, 1.82) is 0 Å². The molecule has 3 aromatic rings. The molecule has 0 aliphatic rings. The van der Waals surface area contributed by atoms with Gasteiger partial charge in [0.15, 0.2) is 0 Å². The minimum absolute atomic E-state index is 0.226. The van der Waals surface area contributed by atoms with Crippen LogP contribution in [0.2, 0.25) is 10.3 Å². The third-order valence-corrected chi connectivity index (χ3v) is 4.28. The third kappa shape index (κ3) is 3.47. The van der Waals surface area contributed by atoms with E-state index in [-0.39, 0.29) is 16.2 Å². The van der Waals surface area contributed by atoms with Crippen LogP contribution in [0.15, 0.2) is 53.9 Å². The third-order valence-electron chi connectivity index (χ3n) is 2.97. The molecule has 0 saturated carbocycles. The van der Waals surface area contributed by atoms with Crippen molar-refractivity contribution in [3.63, 3.8) is 0 Å². The van der Waals surface area contributed by atoms with Crippen LogP contribution in [-0.4, -0.2) is 10.9 Å². The maximum absolute atomic E-state index is 12.2. The van der Waals surface area contributed by atoms with E-state index in [1.807, 2.05) is 29.6 Å². The summed E-state index contributed by atoms with van der Waals surface area (Å²) in [6, 6.07) is 14.6. The van der Waals surface area contributed by atoms with Crippen LogP contribution in [-0.2, 0) is 0 Å². The van der Waals surface area contributed by atoms with Crippen LogP contribution in [0.4, 0.5) is 5.69 Å². The van der Waals surface area contributed by atoms with Gasteiger partial charge in [-0.3, -0.25) is 4.79 Å². The first-order valence-electron chi connectivity index (χ1n) is 6.40. The van der Waals surface area contributed by atoms with Gasteiger partial charge in [-0.05, 0) is 41.3 Å². The zero-order valence-electron chi connectivity index (χ0n) is 11.2. The average molecular weight is 349 g/mol. The Morgan fingerprint density at radius 1 is 1.05 bits per heavy atom. The molecular formula is C16H10Cl2N2OS. The zero-order valence-corrected chi connectivity index (χ0v) is 13.5. The zero-order chi connectivity index (χ0) is 15.5. The number of pyridine rings is 1. The summed E-state index contributed by atoms with van der Waals surface area (Å²) in [6.45, 7) is 0. The Labute approximate surface area is 141 Å². The number of carbonyl (C=O) groups is 1. The second-order valence-corrected chi connectivity index (χ2v) is 6.23. The Balaban J connectivity index is 1.77. The van der Waals surface area contributed by atoms with E-state index in [2.05, 4.69) is 10.3 Å². The summed E-state index contributed by atoms with van der Waals surface area (Å²) >= 11 is 13.3. The summed E-state index contributed by atoms with van der Waals surface area (Å²) in [6.07, 6.45) is 0. The second-order valence-electron chi connectivity index (χ2n) is 4.51. The van der Waals surface area contributed by atoms with E-state index in [1.165, 1.54) is 4.88 Å². The molecule has 2 aromatic heterocycles. The number of benzene rings is 1. The normalized spacial score (nSPS) is 10.5. The Morgan fingerprint density at radius 2 is 1.73 bits per heavy atom. The molecule has 0 radical (unpaired) electrons. The molecule has 22 heavy (non-hydrogen) atoms. The Hall–Kier alpha value is -1.88. The predicted octanol–water partition coefficient (Wildman–Crippen LogP) is 5.37. The molecule has 110 valence electrons. The maximum Gasteiger partial charge on any atom is 0.255 e. The molecular weight excluding hydrogens is 339 g/mol. The van der Waals surface area contributed by atoms with Gasteiger partial charge < -0.3 is 5.32 Å². The van der Waals surface area contributed by atoms with Crippen molar-refractivity contribution < 1.29 is 4.79 Å². The molecule has 3 rings (SSSR count). The summed E-state index contributed by atoms with van der Waals surface area (Å²) in [5, 5.41) is 5.23. The molecule has 2 heterocycles. The first-order chi connectivity index (χ1) is 10.6. The van der Waals surface area contributed by atoms with Crippen molar-refractivity contribution in [1.82, 2.24) is 4.98 Å². The minimum atomic E-state index is -0.226. The van der Waals surface area contributed by atoms with E-state index >= 15 is 0 Å². The first-order valence-corrected chi connectivity index (χ1v) is 8.04. The molecule has 0 saturated heterocycles. The Kier molecular flexibility index (Phi) is 4.43. The quantitative estimate of drug-likeness (QED) is 0.646. The van der Waals surface area contributed by atoms with Crippen LogP contribution < -0.4 is 5.32 Å². The number of rotatable bonds is 3. The standard InChI is InChI=1S/C16H10Cl2N2OS/c17-14-8-12(9-15(18)20-14)19-16(21)11-5-3-10(4-6-11)13-2-1-7-22-13/h1-9H,(H,19,20,21). The van der Waals surface area contributed by atoms with E-state index in [0.717, 1.165) is 5.56 Å². The SMILES string of the molecule is O=C(Nc1cc(Cl)nc(Cl)c1)c1ccc(-c2cccs2)cc1. The lowest BCUT2D eigenvalue weighted by Gasteiger charge is -2.06. The average Bonchev–Trinajstić information content (AvgIpc) is 3.00. The smallest absolute Gasteiger partial charge is 0.255 e. The lowest BCUT2D eigenvalue weighted by atomic mass is 10.1. The highest BCUT2D eigenvalue weighted by Crippen LogP contribution is 2.25. The summed E-state index contributed by atoms with van der Waals surface area (Å²) in [4.78, 5) is 17.2. The van der Waals surface area contributed by atoms with Crippen LogP contribution >= 0.6 is 34.5 Å². The molecule has 0 bridgehead atoms. The summed E-state index contributed by atoms with van der Waals surface area (Å²) < 4.78 is 0. The fraction of sp³-hybridized carbons (Fsp3) is 0. The molecule has 0 spiro atoms. The van der Waals surface area contributed by atoms with Crippen LogP contribution in [0.3, 0.4) is 0 Å². The summed E-state index contributed by atoms with van der Waals surface area (Å²) in [5.41, 5.74) is 2.16. The summed E-state index contributed by atoms with van der Waals surface area (Å²) in [5.74, 6) is -0.226. The van der Waals surface area contributed by atoms with Crippen LogP contribution in [0.5, 0.6) is 0 Å². The van der Waals surface area contributed by atoms with E-state index < -0.39 is 0 Å². The van der Waals surface area contributed by atoms with Gasteiger partial charge in [-0.2, -0.15) is 0 Å². The molecule has 0 fully saturated rings. The number of anilines is 1. The van der Waals surface area contributed by atoms with Gasteiger partial charge in [-0.25, -0.2) is 4.98 Å². The Morgan fingerprint density at radius 3 is 2.32 bits per heavy atom. The van der Waals surface area contributed by atoms with Gasteiger partial charge in [0.1, 0.15) is 10.3 Å². The molecule has 0 aliphatic heterocycles. The molecule has 1 amide bonds. The van der Waals surface area contributed by atoms with Crippen molar-refractivity contribution in [3.8, 4) is 10.4 Å².